The van der Waals surface area contributed by atoms with E-state index in [0.29, 0.717) is 35.9 Å². The van der Waals surface area contributed by atoms with Crippen LogP contribution in [-0.2, 0) is 20.9 Å². The van der Waals surface area contributed by atoms with Crippen molar-refractivity contribution in [3.8, 4) is 34.9 Å². The molecule has 3 fully saturated rings. The quantitative estimate of drug-likeness (QED) is 0.128. The average molecular weight is 819 g/mol. The van der Waals surface area contributed by atoms with Crippen LogP contribution in [0, 0.1) is 61.9 Å². The molecule has 5 amide bonds. The zero-order chi connectivity index (χ0) is 42.1. The predicted octanol–water partition coefficient (Wildman–Crippen LogP) is 7.27. The molecule has 0 spiro atoms. The second kappa shape index (κ2) is 17.0. The van der Waals surface area contributed by atoms with E-state index < -0.39 is 29.7 Å². The monoisotopic (exact) mass is 818 g/mol. The first kappa shape index (κ1) is 40.3. The van der Waals surface area contributed by atoms with Gasteiger partial charge in [0.05, 0.1) is 29.9 Å². The number of hydrogen-bond donors (Lipinski definition) is 1. The van der Waals surface area contributed by atoms with Crippen LogP contribution in [0.4, 0.5) is 5.69 Å². The van der Waals surface area contributed by atoms with Crippen molar-refractivity contribution in [2.75, 3.05) is 13.1 Å². The van der Waals surface area contributed by atoms with Crippen LogP contribution in [0.2, 0.25) is 5.02 Å². The molecule has 1 aromatic heterocycles. The van der Waals surface area contributed by atoms with E-state index in [1.165, 1.54) is 0 Å². The Kier molecular flexibility index (Phi) is 11.4. The summed E-state index contributed by atoms with van der Waals surface area (Å²) in [7, 11) is 0. The fourth-order valence-corrected chi connectivity index (χ4v) is 8.80. The van der Waals surface area contributed by atoms with Gasteiger partial charge in [-0.2, -0.15) is 5.10 Å². The summed E-state index contributed by atoms with van der Waals surface area (Å²) in [5.74, 6) is 11.8. The largest absolute Gasteiger partial charge is 0.342 e. The molecule has 60 heavy (non-hydrogen) atoms. The standard InChI is InChI=1S/C48H43ClN6O5/c1-29-30(2)54(52-44(29)37-17-19-41(50-3)40(49)27-37)28-35-10-7-31(8-11-35)4-5-32-12-15-36(16-13-32)46(58)53-24-22-33(23-25-53)6-9-34-14-18-38-39(26-34)48(60)55(47(38)59)42-20-21-43(56)51-45(42)57/h7-8,10-11,14,17-19,26-27,32-33,36,42H,12-13,15-16,20-25,28H2,1-2H3,(H,51,56,57). The maximum Gasteiger partial charge on any atom is 0.262 e. The molecule has 12 heteroatoms. The van der Waals surface area contributed by atoms with Crippen LogP contribution >= 0.6 is 11.6 Å². The SMILES string of the molecule is [C-]#[N+]c1ccc(-c2nn(Cc3ccc(C#CC4CCC(C(=O)N5CCC(C#Cc6ccc7c(c6)C(=O)N(C6CCC(=O)NC6=O)C7=O)CC5)CC4)cc3)c(C)c2C)cc1Cl. The van der Waals surface area contributed by atoms with Crippen LogP contribution in [0.25, 0.3) is 16.1 Å². The van der Waals surface area contributed by atoms with Crippen molar-refractivity contribution >= 4 is 46.8 Å². The van der Waals surface area contributed by atoms with Gasteiger partial charge in [-0.1, -0.05) is 59.5 Å². The van der Waals surface area contributed by atoms with E-state index in [1.54, 1.807) is 30.3 Å². The number of nitrogens with one attached hydrogen (secondary N) is 1. The Morgan fingerprint density at radius 3 is 2.18 bits per heavy atom. The van der Waals surface area contributed by atoms with Gasteiger partial charge in [0.25, 0.3) is 11.8 Å². The van der Waals surface area contributed by atoms with Crippen molar-refractivity contribution in [2.45, 2.75) is 77.8 Å². The number of likely N-dealkylation sites (tertiary alicyclic amines) is 1. The molecule has 302 valence electrons. The summed E-state index contributed by atoms with van der Waals surface area (Å²) in [6.07, 6.45) is 5.16. The van der Waals surface area contributed by atoms with Gasteiger partial charge >= 0.3 is 0 Å². The summed E-state index contributed by atoms with van der Waals surface area (Å²) in [6.45, 7) is 13.3. The van der Waals surface area contributed by atoms with Crippen LogP contribution in [0.15, 0.2) is 60.7 Å². The zero-order valence-electron chi connectivity index (χ0n) is 33.5. The van der Waals surface area contributed by atoms with Crippen LogP contribution < -0.4 is 5.32 Å². The van der Waals surface area contributed by atoms with Crippen LogP contribution in [0.3, 0.4) is 0 Å². The molecule has 3 aromatic carbocycles. The van der Waals surface area contributed by atoms with Crippen LogP contribution in [0.1, 0.15) is 100 Å². The molecule has 11 nitrogen and oxygen atoms in total. The Hall–Kier alpha value is -6.48. The van der Waals surface area contributed by atoms with Crippen molar-refractivity contribution < 1.29 is 24.0 Å². The molecular weight excluding hydrogens is 776 g/mol. The molecule has 4 aromatic rings. The first-order valence-electron chi connectivity index (χ1n) is 20.4. The molecule has 1 atom stereocenters. The first-order valence-corrected chi connectivity index (χ1v) is 20.8. The maximum absolute atomic E-state index is 13.5. The Morgan fingerprint density at radius 1 is 0.833 bits per heavy atom. The number of nitrogens with zero attached hydrogens (tertiary/aromatic N) is 5. The number of carbonyl (C=O) groups is 5. The van der Waals surface area contributed by atoms with Gasteiger partial charge in [0.2, 0.25) is 23.4 Å². The second-order valence-electron chi connectivity index (χ2n) is 16.1. The molecule has 1 saturated carbocycles. The first-order chi connectivity index (χ1) is 29.0. The molecule has 4 aliphatic rings. The molecule has 1 N–H and O–H groups in total. The number of aromatic nitrogens is 2. The number of amides is 5. The van der Waals surface area contributed by atoms with E-state index in [1.807, 2.05) is 22.6 Å². The number of imide groups is 2. The lowest BCUT2D eigenvalue weighted by atomic mass is 9.81. The summed E-state index contributed by atoms with van der Waals surface area (Å²) in [5, 5.41) is 7.51. The van der Waals surface area contributed by atoms with E-state index in [9.17, 15) is 24.0 Å². The number of fused-ring (bicyclic) bond motifs is 1. The van der Waals surface area contributed by atoms with Gasteiger partial charge in [-0.25, -0.2) is 4.85 Å². The number of piperidine rings is 2. The Balaban J connectivity index is 0.794. The van der Waals surface area contributed by atoms with E-state index in [-0.39, 0.29) is 47.6 Å². The van der Waals surface area contributed by atoms with E-state index in [2.05, 4.69) is 65.0 Å². The second-order valence-corrected chi connectivity index (χ2v) is 16.5. The van der Waals surface area contributed by atoms with Gasteiger partial charge in [-0.05, 0) is 106 Å². The number of benzene rings is 3. The third kappa shape index (κ3) is 8.21. The van der Waals surface area contributed by atoms with Gasteiger partial charge < -0.3 is 4.90 Å². The molecule has 1 unspecified atom stereocenters. The highest BCUT2D eigenvalue weighted by Crippen LogP contribution is 2.34. The van der Waals surface area contributed by atoms with Crippen molar-refractivity contribution in [1.82, 2.24) is 24.9 Å². The fourth-order valence-electron chi connectivity index (χ4n) is 8.58. The van der Waals surface area contributed by atoms with Crippen molar-refractivity contribution in [1.29, 1.82) is 0 Å². The molecule has 3 aliphatic heterocycles. The topological polar surface area (TPSA) is 126 Å². The Morgan fingerprint density at radius 2 is 1.50 bits per heavy atom. The maximum atomic E-state index is 13.5. The van der Waals surface area contributed by atoms with Gasteiger partial charge in [0, 0.05) is 64.7 Å². The number of rotatable bonds is 5. The van der Waals surface area contributed by atoms with Crippen LogP contribution in [0.5, 0.6) is 0 Å². The molecule has 8 rings (SSSR count). The summed E-state index contributed by atoms with van der Waals surface area (Å²) >= 11 is 6.31. The smallest absolute Gasteiger partial charge is 0.262 e. The Labute approximate surface area is 354 Å². The number of carbonyl (C=O) groups excluding carboxylic acids is 5. The van der Waals surface area contributed by atoms with E-state index >= 15 is 0 Å². The lowest BCUT2D eigenvalue weighted by Gasteiger charge is -2.34. The number of hydrogen-bond acceptors (Lipinski definition) is 6. The van der Waals surface area contributed by atoms with Gasteiger partial charge in [0.1, 0.15) is 6.04 Å². The van der Waals surface area contributed by atoms with Crippen molar-refractivity contribution in [3.05, 3.63) is 116 Å². The fraction of sp³-hybridized carbons (Fsp3) is 0.354. The Bertz CT molecular complexity index is 2600. The lowest BCUT2D eigenvalue weighted by Crippen LogP contribution is -2.54. The highest BCUT2D eigenvalue weighted by atomic mass is 35.5. The third-order valence-corrected chi connectivity index (χ3v) is 12.6. The predicted molar refractivity (Wildman–Crippen MR) is 226 cm³/mol. The molecule has 4 heterocycles. The molecular formula is C48H43ClN6O5. The van der Waals surface area contributed by atoms with Crippen molar-refractivity contribution in [2.24, 2.45) is 17.8 Å². The highest BCUT2D eigenvalue weighted by molar-refractivity contribution is 6.33. The summed E-state index contributed by atoms with van der Waals surface area (Å²) in [6, 6.07) is 17.6. The molecule has 0 bridgehead atoms. The molecule has 2 saturated heterocycles. The van der Waals surface area contributed by atoms with E-state index in [4.69, 9.17) is 23.3 Å². The minimum atomic E-state index is -1.01. The van der Waals surface area contributed by atoms with Crippen molar-refractivity contribution in [3.63, 3.8) is 0 Å². The molecule has 0 radical (unpaired) electrons. The summed E-state index contributed by atoms with van der Waals surface area (Å²) in [5.41, 5.74) is 7.44. The van der Waals surface area contributed by atoms with E-state index in [0.717, 1.165) is 77.1 Å². The number of halogens is 1. The summed E-state index contributed by atoms with van der Waals surface area (Å²) in [4.78, 5) is 70.1. The van der Waals surface area contributed by atoms with Crippen LogP contribution in [-0.4, -0.2) is 68.2 Å². The minimum absolute atomic E-state index is 0.0152. The normalized spacial score (nSPS) is 20.4. The molecule has 1 aliphatic carbocycles. The summed E-state index contributed by atoms with van der Waals surface area (Å²) < 4.78 is 1.99. The van der Waals surface area contributed by atoms with Gasteiger partial charge in [0.15, 0.2) is 0 Å². The minimum Gasteiger partial charge on any atom is -0.342 e. The average Bonchev–Trinajstić information content (AvgIpc) is 3.68. The zero-order valence-corrected chi connectivity index (χ0v) is 34.3. The van der Waals surface area contributed by atoms with Gasteiger partial charge in [-0.3, -0.25) is 38.9 Å². The lowest BCUT2D eigenvalue weighted by molar-refractivity contribution is -0.138. The van der Waals surface area contributed by atoms with Gasteiger partial charge in [-0.15, -0.1) is 0 Å². The third-order valence-electron chi connectivity index (χ3n) is 12.3. The highest BCUT2D eigenvalue weighted by Gasteiger charge is 2.44.